The Kier molecular flexibility index (Phi) is 3.84. The van der Waals surface area contributed by atoms with Crippen molar-refractivity contribution >= 4 is 27.5 Å². The first-order valence-corrected chi connectivity index (χ1v) is 6.70. The van der Waals surface area contributed by atoms with E-state index in [2.05, 4.69) is 21.2 Å². The Balaban J connectivity index is 2.10. The van der Waals surface area contributed by atoms with E-state index in [-0.39, 0.29) is 17.9 Å². The van der Waals surface area contributed by atoms with Crippen LogP contribution >= 0.6 is 15.9 Å². The second-order valence-electron chi connectivity index (χ2n) is 4.65. The lowest BCUT2D eigenvalue weighted by molar-refractivity contribution is -0.120. The molecule has 0 heterocycles. The van der Waals surface area contributed by atoms with E-state index < -0.39 is 0 Å². The summed E-state index contributed by atoms with van der Waals surface area (Å²) in [6.07, 6.45) is 2.91. The number of carbonyl (C=O) groups is 1. The maximum atomic E-state index is 12.1. The number of hydrogen-bond donors (Lipinski definition) is 2. The first-order valence-electron chi connectivity index (χ1n) is 5.90. The van der Waals surface area contributed by atoms with Crippen LogP contribution < -0.4 is 11.1 Å². The lowest BCUT2D eigenvalue weighted by Crippen LogP contribution is -2.34. The van der Waals surface area contributed by atoms with Crippen LogP contribution in [-0.4, -0.2) is 11.9 Å². The highest BCUT2D eigenvalue weighted by atomic mass is 79.9. The summed E-state index contributed by atoms with van der Waals surface area (Å²) in [4.78, 5) is 12.1. The van der Waals surface area contributed by atoms with Gasteiger partial charge in [-0.15, -0.1) is 0 Å². The summed E-state index contributed by atoms with van der Waals surface area (Å²) in [5.41, 5.74) is 7.86. The molecule has 1 amide bonds. The maximum absolute atomic E-state index is 12.1. The summed E-state index contributed by atoms with van der Waals surface area (Å²) in [5.74, 6) is 0.0181. The molecule has 1 aliphatic carbocycles. The highest BCUT2D eigenvalue weighted by molar-refractivity contribution is 9.10. The molecule has 3 nitrogen and oxygen atoms in total. The van der Waals surface area contributed by atoms with Crippen molar-refractivity contribution in [3.8, 4) is 0 Å². The Morgan fingerprint density at radius 3 is 2.88 bits per heavy atom. The minimum absolute atomic E-state index is 0.0162. The van der Waals surface area contributed by atoms with Gasteiger partial charge in [-0.25, -0.2) is 0 Å². The van der Waals surface area contributed by atoms with Gasteiger partial charge in [-0.3, -0.25) is 4.79 Å². The van der Waals surface area contributed by atoms with Gasteiger partial charge in [0.15, 0.2) is 0 Å². The molecule has 0 aromatic heterocycles. The number of nitrogens with one attached hydrogen (secondary N) is 1. The van der Waals surface area contributed by atoms with Gasteiger partial charge in [-0.1, -0.05) is 28.4 Å². The molecule has 0 bridgehead atoms. The Labute approximate surface area is 110 Å². The number of aryl methyl sites for hydroxylation is 1. The Hall–Kier alpha value is -0.870. The minimum atomic E-state index is -0.0339. The van der Waals surface area contributed by atoms with Gasteiger partial charge >= 0.3 is 0 Å². The van der Waals surface area contributed by atoms with Crippen LogP contribution in [0.25, 0.3) is 0 Å². The van der Waals surface area contributed by atoms with E-state index >= 15 is 0 Å². The Bertz CT molecular complexity index is 433. The van der Waals surface area contributed by atoms with Crippen LogP contribution in [0.4, 0.5) is 5.69 Å². The molecule has 92 valence electrons. The molecule has 0 aliphatic heterocycles. The van der Waals surface area contributed by atoms with Gasteiger partial charge in [0, 0.05) is 16.2 Å². The molecule has 0 radical (unpaired) electrons. The van der Waals surface area contributed by atoms with Crippen LogP contribution in [0.3, 0.4) is 0 Å². The molecule has 0 spiro atoms. The van der Waals surface area contributed by atoms with Crippen molar-refractivity contribution in [1.82, 2.24) is 0 Å². The largest absolute Gasteiger partial charge is 0.327 e. The smallest absolute Gasteiger partial charge is 0.229 e. The van der Waals surface area contributed by atoms with Gasteiger partial charge in [0.25, 0.3) is 0 Å². The first-order chi connectivity index (χ1) is 8.08. The monoisotopic (exact) mass is 296 g/mol. The van der Waals surface area contributed by atoms with Crippen molar-refractivity contribution < 1.29 is 4.79 Å². The van der Waals surface area contributed by atoms with E-state index in [1.807, 2.05) is 25.1 Å². The average molecular weight is 297 g/mol. The fraction of sp³-hybridized carbons (Fsp3) is 0.462. The van der Waals surface area contributed by atoms with Gasteiger partial charge in [-0.2, -0.15) is 0 Å². The lowest BCUT2D eigenvalue weighted by Gasteiger charge is -2.16. The van der Waals surface area contributed by atoms with E-state index in [0.717, 1.165) is 35.0 Å². The zero-order chi connectivity index (χ0) is 12.4. The van der Waals surface area contributed by atoms with Crippen LogP contribution in [0, 0.1) is 12.8 Å². The van der Waals surface area contributed by atoms with Crippen LogP contribution in [0.2, 0.25) is 0 Å². The molecule has 1 saturated carbocycles. The third-order valence-corrected chi connectivity index (χ3v) is 3.86. The van der Waals surface area contributed by atoms with Gasteiger partial charge in [0.2, 0.25) is 5.91 Å². The van der Waals surface area contributed by atoms with E-state index in [1.54, 1.807) is 0 Å². The third-order valence-electron chi connectivity index (χ3n) is 3.36. The fourth-order valence-corrected chi connectivity index (χ4v) is 2.63. The number of benzene rings is 1. The summed E-state index contributed by atoms with van der Waals surface area (Å²) < 4.78 is 0.967. The molecule has 1 aliphatic rings. The molecule has 2 atom stereocenters. The first kappa shape index (κ1) is 12.6. The van der Waals surface area contributed by atoms with Gasteiger partial charge in [-0.05, 0) is 37.5 Å². The molecule has 2 rings (SSSR count). The molecule has 4 heteroatoms. The summed E-state index contributed by atoms with van der Waals surface area (Å²) in [6.45, 7) is 1.98. The van der Waals surface area contributed by atoms with Crippen molar-refractivity contribution in [2.75, 3.05) is 5.32 Å². The number of nitrogens with two attached hydrogens (primary N) is 1. The standard InChI is InChI=1S/C13H17BrN2O/c1-8-5-6-9(14)7-12(8)16-13(17)10-3-2-4-11(10)15/h5-7,10-11H,2-4,15H2,1H3,(H,16,17). The summed E-state index contributed by atoms with van der Waals surface area (Å²) in [5, 5.41) is 2.97. The zero-order valence-electron chi connectivity index (χ0n) is 9.87. The highest BCUT2D eigenvalue weighted by Gasteiger charge is 2.30. The highest BCUT2D eigenvalue weighted by Crippen LogP contribution is 2.27. The normalized spacial score (nSPS) is 23.7. The van der Waals surface area contributed by atoms with Crippen molar-refractivity contribution in [3.63, 3.8) is 0 Å². The molecule has 1 aromatic carbocycles. The second kappa shape index (κ2) is 5.19. The minimum Gasteiger partial charge on any atom is -0.327 e. The SMILES string of the molecule is Cc1ccc(Br)cc1NC(=O)C1CCCC1N. The Morgan fingerprint density at radius 1 is 1.47 bits per heavy atom. The van der Waals surface area contributed by atoms with Crippen molar-refractivity contribution in [2.24, 2.45) is 11.7 Å². The fourth-order valence-electron chi connectivity index (χ4n) is 2.27. The molecule has 2 unspecified atom stereocenters. The van der Waals surface area contributed by atoms with E-state index in [0.29, 0.717) is 0 Å². The van der Waals surface area contributed by atoms with Crippen LogP contribution in [-0.2, 0) is 4.79 Å². The second-order valence-corrected chi connectivity index (χ2v) is 5.57. The van der Waals surface area contributed by atoms with Gasteiger partial charge < -0.3 is 11.1 Å². The number of carbonyl (C=O) groups excluding carboxylic acids is 1. The molecule has 0 saturated heterocycles. The average Bonchev–Trinajstić information content (AvgIpc) is 2.70. The number of halogens is 1. The number of hydrogen-bond acceptors (Lipinski definition) is 2. The summed E-state index contributed by atoms with van der Waals surface area (Å²) in [6, 6.07) is 5.89. The molecule has 1 fully saturated rings. The summed E-state index contributed by atoms with van der Waals surface area (Å²) >= 11 is 3.41. The molecule has 3 N–H and O–H groups in total. The number of rotatable bonds is 2. The third kappa shape index (κ3) is 2.87. The van der Waals surface area contributed by atoms with Crippen LogP contribution in [0.5, 0.6) is 0 Å². The molecule has 17 heavy (non-hydrogen) atoms. The van der Waals surface area contributed by atoms with Crippen molar-refractivity contribution in [1.29, 1.82) is 0 Å². The van der Waals surface area contributed by atoms with Crippen molar-refractivity contribution in [2.45, 2.75) is 32.2 Å². The topological polar surface area (TPSA) is 55.1 Å². The van der Waals surface area contributed by atoms with E-state index in [9.17, 15) is 4.79 Å². The van der Waals surface area contributed by atoms with Gasteiger partial charge in [0.05, 0.1) is 5.92 Å². The number of anilines is 1. The van der Waals surface area contributed by atoms with Crippen LogP contribution in [0.15, 0.2) is 22.7 Å². The van der Waals surface area contributed by atoms with Crippen molar-refractivity contribution in [3.05, 3.63) is 28.2 Å². The molecular weight excluding hydrogens is 280 g/mol. The predicted molar refractivity (Wildman–Crippen MR) is 72.8 cm³/mol. The maximum Gasteiger partial charge on any atom is 0.229 e. The van der Waals surface area contributed by atoms with Crippen LogP contribution in [0.1, 0.15) is 24.8 Å². The van der Waals surface area contributed by atoms with Gasteiger partial charge in [0.1, 0.15) is 0 Å². The molecular formula is C13H17BrN2O. The summed E-state index contributed by atoms with van der Waals surface area (Å²) in [7, 11) is 0. The lowest BCUT2D eigenvalue weighted by atomic mass is 10.0. The molecule has 1 aromatic rings. The number of amides is 1. The Morgan fingerprint density at radius 2 is 2.24 bits per heavy atom. The van der Waals surface area contributed by atoms with E-state index in [1.165, 1.54) is 0 Å². The van der Waals surface area contributed by atoms with E-state index in [4.69, 9.17) is 5.73 Å². The zero-order valence-corrected chi connectivity index (χ0v) is 11.5. The quantitative estimate of drug-likeness (QED) is 0.882. The predicted octanol–water partition coefficient (Wildman–Crippen LogP) is 2.82.